The number of benzene rings is 2. The first-order valence-electron chi connectivity index (χ1n) is 10.4. The number of carbonyl (C=O) groups excluding carboxylic acids is 2. The van der Waals surface area contributed by atoms with Crippen LogP contribution in [0.1, 0.15) is 22.4 Å². The van der Waals surface area contributed by atoms with E-state index in [4.69, 9.17) is 15.2 Å². The first-order chi connectivity index (χ1) is 15.9. The number of hydrogen-bond donors (Lipinski definition) is 2. The molecular formula is C25H21N3O5. The lowest BCUT2D eigenvalue weighted by Gasteiger charge is -2.35. The summed E-state index contributed by atoms with van der Waals surface area (Å²) >= 11 is 0. The van der Waals surface area contributed by atoms with Gasteiger partial charge in [0, 0.05) is 23.0 Å². The fourth-order valence-corrected chi connectivity index (χ4v) is 4.79. The molecule has 0 saturated carbocycles. The van der Waals surface area contributed by atoms with E-state index < -0.39 is 22.9 Å². The molecule has 2 aromatic carbocycles. The SMILES string of the molecule is COC(=O)C1=C(N)Oc2cc(C)[nH]c(=O)c2[C@]12C(=O)N(Cc1ccccc1)c1ccccc12. The number of aromatic nitrogens is 1. The molecule has 0 fully saturated rings. The maximum absolute atomic E-state index is 14.3. The number of ether oxygens (including phenoxy) is 2. The molecule has 3 aromatic rings. The predicted octanol–water partition coefficient (Wildman–Crippen LogP) is 2.25. The Morgan fingerprint density at radius 1 is 1.12 bits per heavy atom. The molecule has 3 N–H and O–H groups in total. The molecule has 0 saturated heterocycles. The van der Waals surface area contributed by atoms with Crippen LogP contribution >= 0.6 is 0 Å². The average molecular weight is 443 g/mol. The molecule has 5 rings (SSSR count). The van der Waals surface area contributed by atoms with E-state index in [2.05, 4.69) is 4.98 Å². The highest BCUT2D eigenvalue weighted by molar-refractivity contribution is 6.18. The van der Waals surface area contributed by atoms with E-state index in [1.165, 1.54) is 7.11 Å². The number of hydrogen-bond acceptors (Lipinski definition) is 6. The highest BCUT2D eigenvalue weighted by Crippen LogP contribution is 2.54. The van der Waals surface area contributed by atoms with Crippen LogP contribution in [-0.4, -0.2) is 24.0 Å². The minimum atomic E-state index is -1.81. The minimum absolute atomic E-state index is 0.00992. The number of pyridine rings is 1. The maximum atomic E-state index is 14.3. The smallest absolute Gasteiger partial charge is 0.340 e. The summed E-state index contributed by atoms with van der Waals surface area (Å²) in [6.07, 6.45) is 0. The van der Waals surface area contributed by atoms with Gasteiger partial charge in [-0.3, -0.25) is 9.59 Å². The molecule has 33 heavy (non-hydrogen) atoms. The molecule has 1 amide bonds. The zero-order valence-corrected chi connectivity index (χ0v) is 18.0. The number of fused-ring (bicyclic) bond motifs is 4. The Labute approximate surface area is 189 Å². The molecule has 0 radical (unpaired) electrons. The van der Waals surface area contributed by atoms with Crippen LogP contribution in [-0.2, 0) is 26.3 Å². The molecule has 1 aromatic heterocycles. The second-order valence-electron chi connectivity index (χ2n) is 8.00. The van der Waals surface area contributed by atoms with Crippen LogP contribution in [0, 0.1) is 6.92 Å². The highest BCUT2D eigenvalue weighted by atomic mass is 16.5. The van der Waals surface area contributed by atoms with Crippen LogP contribution in [0.5, 0.6) is 5.75 Å². The molecule has 8 heteroatoms. The summed E-state index contributed by atoms with van der Waals surface area (Å²) in [6.45, 7) is 1.94. The van der Waals surface area contributed by atoms with Gasteiger partial charge in [0.2, 0.25) is 11.8 Å². The summed E-state index contributed by atoms with van der Waals surface area (Å²) < 4.78 is 10.7. The quantitative estimate of drug-likeness (QED) is 0.600. The van der Waals surface area contributed by atoms with E-state index >= 15 is 0 Å². The number of nitrogens with one attached hydrogen (secondary N) is 1. The third-order valence-electron chi connectivity index (χ3n) is 6.09. The van der Waals surface area contributed by atoms with E-state index in [9.17, 15) is 14.4 Å². The van der Waals surface area contributed by atoms with Crippen LogP contribution in [0.2, 0.25) is 0 Å². The van der Waals surface area contributed by atoms with Gasteiger partial charge in [0.25, 0.3) is 5.56 Å². The van der Waals surface area contributed by atoms with E-state index in [0.717, 1.165) is 5.56 Å². The number of anilines is 1. The fourth-order valence-electron chi connectivity index (χ4n) is 4.79. The van der Waals surface area contributed by atoms with Gasteiger partial charge in [-0.25, -0.2) is 4.79 Å². The van der Waals surface area contributed by atoms with Gasteiger partial charge >= 0.3 is 5.97 Å². The number of aromatic amines is 1. The van der Waals surface area contributed by atoms with Gasteiger partial charge in [0.1, 0.15) is 16.7 Å². The lowest BCUT2D eigenvalue weighted by molar-refractivity contribution is -0.138. The maximum Gasteiger partial charge on any atom is 0.340 e. The molecule has 166 valence electrons. The Morgan fingerprint density at radius 2 is 1.82 bits per heavy atom. The summed E-state index contributed by atoms with van der Waals surface area (Å²) in [5.41, 5.74) is 6.13. The van der Waals surface area contributed by atoms with Crippen molar-refractivity contribution in [3.63, 3.8) is 0 Å². The molecule has 0 unspecified atom stereocenters. The van der Waals surface area contributed by atoms with Crippen molar-refractivity contribution in [2.45, 2.75) is 18.9 Å². The summed E-state index contributed by atoms with van der Waals surface area (Å²) in [5.74, 6) is -1.46. The van der Waals surface area contributed by atoms with Crippen molar-refractivity contribution in [1.82, 2.24) is 4.98 Å². The van der Waals surface area contributed by atoms with Crippen molar-refractivity contribution in [2.75, 3.05) is 12.0 Å². The van der Waals surface area contributed by atoms with E-state index in [1.807, 2.05) is 30.3 Å². The van der Waals surface area contributed by atoms with Gasteiger partial charge in [-0.05, 0) is 18.6 Å². The molecule has 3 heterocycles. The van der Waals surface area contributed by atoms with Crippen LogP contribution < -0.4 is 20.9 Å². The molecule has 8 nitrogen and oxygen atoms in total. The number of H-pyrrole nitrogens is 1. The third-order valence-corrected chi connectivity index (χ3v) is 6.09. The molecular weight excluding hydrogens is 422 g/mol. The topological polar surface area (TPSA) is 115 Å². The summed E-state index contributed by atoms with van der Waals surface area (Å²) in [5, 5.41) is 0. The zero-order valence-electron chi connectivity index (χ0n) is 18.0. The van der Waals surface area contributed by atoms with Crippen LogP contribution in [0.15, 0.2) is 76.9 Å². The number of para-hydroxylation sites is 1. The Balaban J connectivity index is 1.86. The molecule has 1 spiro atoms. The second-order valence-corrected chi connectivity index (χ2v) is 8.00. The monoisotopic (exact) mass is 443 g/mol. The van der Waals surface area contributed by atoms with Crippen molar-refractivity contribution in [3.8, 4) is 5.75 Å². The largest absolute Gasteiger partial charge is 0.465 e. The molecule has 2 aliphatic rings. The summed E-state index contributed by atoms with van der Waals surface area (Å²) in [6, 6.07) is 18.1. The first-order valence-corrected chi connectivity index (χ1v) is 10.4. The normalized spacial score (nSPS) is 18.7. The Bertz CT molecular complexity index is 1390. The van der Waals surface area contributed by atoms with Gasteiger partial charge < -0.3 is 25.1 Å². The number of nitrogens with zero attached hydrogens (tertiary/aromatic N) is 1. The third kappa shape index (κ3) is 2.80. The van der Waals surface area contributed by atoms with Gasteiger partial charge in [-0.1, -0.05) is 48.5 Å². The highest BCUT2D eigenvalue weighted by Gasteiger charge is 2.62. The second kappa shape index (κ2) is 7.37. The van der Waals surface area contributed by atoms with Gasteiger partial charge in [-0.2, -0.15) is 0 Å². The number of amides is 1. The number of methoxy groups -OCH3 is 1. The van der Waals surface area contributed by atoms with Crippen LogP contribution in [0.4, 0.5) is 5.69 Å². The number of aryl methyl sites for hydroxylation is 1. The van der Waals surface area contributed by atoms with Crippen molar-refractivity contribution >= 4 is 17.6 Å². The Hall–Kier alpha value is -4.33. The number of nitrogens with two attached hydrogens (primary N) is 1. The number of carbonyl (C=O) groups is 2. The fraction of sp³-hybridized carbons (Fsp3) is 0.160. The first kappa shape index (κ1) is 20.6. The van der Waals surface area contributed by atoms with Crippen molar-refractivity contribution in [3.05, 3.63) is 105 Å². The Morgan fingerprint density at radius 3 is 2.55 bits per heavy atom. The molecule has 0 bridgehead atoms. The molecule has 0 aliphatic carbocycles. The number of esters is 1. The lowest BCUT2D eigenvalue weighted by Crippen LogP contribution is -2.51. The summed E-state index contributed by atoms with van der Waals surface area (Å²) in [4.78, 5) is 45.0. The van der Waals surface area contributed by atoms with Crippen LogP contribution in [0.3, 0.4) is 0 Å². The molecule has 1 atom stereocenters. The van der Waals surface area contributed by atoms with Gasteiger partial charge in [-0.15, -0.1) is 0 Å². The standard InChI is InChI=1S/C25H21N3O5/c1-14-12-18-19(22(29)27-14)25(20(21(26)33-18)23(30)32-2)16-10-6-7-11-17(16)28(24(25)31)13-15-8-4-3-5-9-15/h3-12H,13,26H2,1-2H3,(H,27,29)/t25-/m0/s1. The summed E-state index contributed by atoms with van der Waals surface area (Å²) in [7, 11) is 1.19. The van der Waals surface area contributed by atoms with E-state index in [-0.39, 0.29) is 29.3 Å². The zero-order chi connectivity index (χ0) is 23.3. The van der Waals surface area contributed by atoms with Gasteiger partial charge in [0.15, 0.2) is 0 Å². The number of rotatable bonds is 3. The van der Waals surface area contributed by atoms with E-state index in [1.54, 1.807) is 42.2 Å². The van der Waals surface area contributed by atoms with Gasteiger partial charge in [0.05, 0.1) is 19.2 Å². The predicted molar refractivity (Wildman–Crippen MR) is 121 cm³/mol. The Kier molecular flexibility index (Phi) is 4.59. The molecule has 2 aliphatic heterocycles. The van der Waals surface area contributed by atoms with Crippen molar-refractivity contribution in [1.29, 1.82) is 0 Å². The average Bonchev–Trinajstić information content (AvgIpc) is 3.02. The van der Waals surface area contributed by atoms with E-state index in [0.29, 0.717) is 16.9 Å². The lowest BCUT2D eigenvalue weighted by atomic mass is 9.68. The van der Waals surface area contributed by atoms with Crippen molar-refractivity contribution in [2.24, 2.45) is 5.73 Å². The minimum Gasteiger partial charge on any atom is -0.465 e. The van der Waals surface area contributed by atoms with Crippen LogP contribution in [0.25, 0.3) is 0 Å². The van der Waals surface area contributed by atoms with Crippen molar-refractivity contribution < 1.29 is 19.1 Å².